The number of esters is 1. The summed E-state index contributed by atoms with van der Waals surface area (Å²) in [6, 6.07) is 9.44. The van der Waals surface area contributed by atoms with Gasteiger partial charge in [-0.25, -0.2) is 4.79 Å². The fraction of sp³-hybridized carbons (Fsp3) is 0.526. The van der Waals surface area contributed by atoms with E-state index in [1.165, 1.54) is 7.11 Å². The van der Waals surface area contributed by atoms with Crippen LogP contribution >= 0.6 is 0 Å². The molecule has 3 heteroatoms. The van der Waals surface area contributed by atoms with E-state index in [9.17, 15) is 4.79 Å². The number of anilines is 1. The minimum absolute atomic E-state index is 0.218. The van der Waals surface area contributed by atoms with Crippen molar-refractivity contribution in [1.29, 1.82) is 0 Å². The molecule has 2 atom stereocenters. The monoisotopic (exact) mass is 301 g/mol. The van der Waals surface area contributed by atoms with Crippen LogP contribution in [0.1, 0.15) is 40.0 Å². The lowest BCUT2D eigenvalue weighted by molar-refractivity contribution is -0.140. The summed E-state index contributed by atoms with van der Waals surface area (Å²) in [5.74, 6) is 0.454. The summed E-state index contributed by atoms with van der Waals surface area (Å²) >= 11 is 0. The summed E-state index contributed by atoms with van der Waals surface area (Å²) in [7, 11) is 1.45. The van der Waals surface area contributed by atoms with Crippen molar-refractivity contribution in [3.63, 3.8) is 0 Å². The molecular formula is C19H27NO2. The van der Waals surface area contributed by atoms with Crippen LogP contribution in [0.5, 0.6) is 0 Å². The summed E-state index contributed by atoms with van der Waals surface area (Å²) in [6.07, 6.45) is 5.33. The maximum absolute atomic E-state index is 12.2. The van der Waals surface area contributed by atoms with E-state index in [2.05, 4.69) is 32.2 Å². The van der Waals surface area contributed by atoms with Gasteiger partial charge in [-0.1, -0.05) is 45.0 Å². The second-order valence-corrected chi connectivity index (χ2v) is 7.08. The first-order valence-electron chi connectivity index (χ1n) is 8.00. The van der Waals surface area contributed by atoms with Crippen LogP contribution < -0.4 is 5.32 Å². The van der Waals surface area contributed by atoms with E-state index in [0.717, 1.165) is 30.5 Å². The Kier molecular flexibility index (Phi) is 5.28. The molecule has 120 valence electrons. The number of para-hydroxylation sites is 1. The summed E-state index contributed by atoms with van der Waals surface area (Å²) in [6.45, 7) is 6.86. The van der Waals surface area contributed by atoms with Gasteiger partial charge < -0.3 is 10.1 Å². The lowest BCUT2D eigenvalue weighted by Gasteiger charge is -2.34. The van der Waals surface area contributed by atoms with Crippen LogP contribution in [-0.2, 0) is 9.53 Å². The molecule has 2 unspecified atom stereocenters. The number of nitrogens with one attached hydrogen (secondary N) is 1. The zero-order chi connectivity index (χ0) is 16.2. The Bertz CT molecular complexity index is 528. The molecule has 0 aliphatic heterocycles. The third-order valence-electron chi connectivity index (χ3n) is 4.56. The second kappa shape index (κ2) is 6.99. The number of ether oxygens (including phenoxy) is 1. The minimum Gasteiger partial charge on any atom is -0.467 e. The third-order valence-corrected chi connectivity index (χ3v) is 4.56. The Morgan fingerprint density at radius 3 is 2.45 bits per heavy atom. The average Bonchev–Trinajstić information content (AvgIpc) is 2.52. The SMILES string of the molecule is COC(=O)C(Nc1ccccc1)C1=CCC(C(C)(C)C)CC1. The van der Waals surface area contributed by atoms with E-state index in [4.69, 9.17) is 4.74 Å². The highest BCUT2D eigenvalue weighted by atomic mass is 16.5. The number of rotatable bonds is 4. The molecule has 1 aromatic carbocycles. The molecule has 1 aromatic rings. The van der Waals surface area contributed by atoms with E-state index in [1.807, 2.05) is 30.3 Å². The van der Waals surface area contributed by atoms with Gasteiger partial charge in [-0.05, 0) is 48.3 Å². The molecule has 1 N–H and O–H groups in total. The van der Waals surface area contributed by atoms with Crippen molar-refractivity contribution in [2.75, 3.05) is 12.4 Å². The van der Waals surface area contributed by atoms with Gasteiger partial charge in [0, 0.05) is 5.69 Å². The van der Waals surface area contributed by atoms with Gasteiger partial charge in [-0.3, -0.25) is 0 Å². The maximum atomic E-state index is 12.2. The van der Waals surface area contributed by atoms with E-state index in [1.54, 1.807) is 0 Å². The topological polar surface area (TPSA) is 38.3 Å². The van der Waals surface area contributed by atoms with Gasteiger partial charge in [0.15, 0.2) is 0 Å². The molecule has 1 aliphatic carbocycles. The number of carbonyl (C=O) groups is 1. The molecule has 0 heterocycles. The summed E-state index contributed by atoms with van der Waals surface area (Å²) in [5.41, 5.74) is 2.41. The van der Waals surface area contributed by atoms with Crippen LogP contribution in [0.4, 0.5) is 5.69 Å². The molecule has 0 aromatic heterocycles. The summed E-state index contributed by atoms with van der Waals surface area (Å²) in [4.78, 5) is 12.2. The van der Waals surface area contributed by atoms with Gasteiger partial charge in [0.25, 0.3) is 0 Å². The Balaban J connectivity index is 2.14. The van der Waals surface area contributed by atoms with Gasteiger partial charge >= 0.3 is 5.97 Å². The van der Waals surface area contributed by atoms with Crippen LogP contribution in [0.2, 0.25) is 0 Å². The molecule has 3 nitrogen and oxygen atoms in total. The zero-order valence-electron chi connectivity index (χ0n) is 14.1. The lowest BCUT2D eigenvalue weighted by Crippen LogP contribution is -2.34. The molecule has 0 saturated carbocycles. The molecule has 0 spiro atoms. The quantitative estimate of drug-likeness (QED) is 0.661. The predicted molar refractivity (Wildman–Crippen MR) is 90.7 cm³/mol. The standard InChI is InChI=1S/C19H27NO2/c1-19(2,3)15-12-10-14(11-13-15)17(18(21)22-4)20-16-8-6-5-7-9-16/h5-10,15,17,20H,11-13H2,1-4H3. The number of allylic oxidation sites excluding steroid dienone is 1. The van der Waals surface area contributed by atoms with Crippen molar-refractivity contribution in [3.05, 3.63) is 42.0 Å². The van der Waals surface area contributed by atoms with Gasteiger partial charge in [-0.2, -0.15) is 0 Å². The Labute approximate surface area is 133 Å². The zero-order valence-corrected chi connectivity index (χ0v) is 14.1. The van der Waals surface area contributed by atoms with Crippen molar-refractivity contribution in [1.82, 2.24) is 0 Å². The normalized spacial score (nSPS) is 20.0. The van der Waals surface area contributed by atoms with E-state index < -0.39 is 0 Å². The molecular weight excluding hydrogens is 274 g/mol. The lowest BCUT2D eigenvalue weighted by atomic mass is 9.72. The Morgan fingerprint density at radius 1 is 1.27 bits per heavy atom. The third kappa shape index (κ3) is 4.12. The van der Waals surface area contributed by atoms with Crippen LogP contribution in [-0.4, -0.2) is 19.1 Å². The highest BCUT2D eigenvalue weighted by Gasteiger charge is 2.31. The highest BCUT2D eigenvalue weighted by Crippen LogP contribution is 2.38. The predicted octanol–water partition coefficient (Wildman–Crippen LogP) is 4.41. The fourth-order valence-electron chi connectivity index (χ4n) is 3.03. The van der Waals surface area contributed by atoms with Gasteiger partial charge in [-0.15, -0.1) is 0 Å². The number of carbonyl (C=O) groups excluding carboxylic acids is 1. The van der Waals surface area contributed by atoms with Gasteiger partial charge in [0.1, 0.15) is 6.04 Å². The van der Waals surface area contributed by atoms with Crippen molar-refractivity contribution < 1.29 is 9.53 Å². The molecule has 2 rings (SSSR count). The largest absolute Gasteiger partial charge is 0.467 e. The van der Waals surface area contributed by atoms with Crippen molar-refractivity contribution >= 4 is 11.7 Å². The van der Waals surface area contributed by atoms with Crippen LogP contribution in [0.25, 0.3) is 0 Å². The van der Waals surface area contributed by atoms with E-state index >= 15 is 0 Å². The fourth-order valence-corrected chi connectivity index (χ4v) is 3.03. The van der Waals surface area contributed by atoms with Crippen molar-refractivity contribution in [2.45, 2.75) is 46.1 Å². The minimum atomic E-state index is -0.381. The number of hydrogen-bond donors (Lipinski definition) is 1. The van der Waals surface area contributed by atoms with Gasteiger partial charge in [0.05, 0.1) is 7.11 Å². The summed E-state index contributed by atoms with van der Waals surface area (Å²) < 4.78 is 4.99. The molecule has 22 heavy (non-hydrogen) atoms. The number of methoxy groups -OCH3 is 1. The number of benzene rings is 1. The van der Waals surface area contributed by atoms with Crippen LogP contribution in [0.15, 0.2) is 42.0 Å². The molecule has 1 aliphatic rings. The van der Waals surface area contributed by atoms with Gasteiger partial charge in [0.2, 0.25) is 0 Å². The number of hydrogen-bond acceptors (Lipinski definition) is 3. The molecule has 0 fully saturated rings. The van der Waals surface area contributed by atoms with Crippen molar-refractivity contribution in [3.8, 4) is 0 Å². The van der Waals surface area contributed by atoms with E-state index in [0.29, 0.717) is 11.3 Å². The Hall–Kier alpha value is -1.77. The summed E-state index contributed by atoms with van der Waals surface area (Å²) in [5, 5.41) is 3.31. The van der Waals surface area contributed by atoms with Crippen LogP contribution in [0, 0.1) is 11.3 Å². The first-order chi connectivity index (χ1) is 10.4. The van der Waals surface area contributed by atoms with Crippen LogP contribution in [0.3, 0.4) is 0 Å². The average molecular weight is 301 g/mol. The van der Waals surface area contributed by atoms with Crippen molar-refractivity contribution in [2.24, 2.45) is 11.3 Å². The smallest absolute Gasteiger partial charge is 0.332 e. The van der Waals surface area contributed by atoms with E-state index in [-0.39, 0.29) is 12.0 Å². The molecule has 0 amide bonds. The molecule has 0 saturated heterocycles. The highest BCUT2D eigenvalue weighted by molar-refractivity contribution is 5.83. The Morgan fingerprint density at radius 2 is 1.95 bits per heavy atom. The first-order valence-corrected chi connectivity index (χ1v) is 8.00. The first kappa shape index (κ1) is 16.6. The molecule has 0 radical (unpaired) electrons. The molecule has 0 bridgehead atoms. The maximum Gasteiger partial charge on any atom is 0.332 e. The second-order valence-electron chi connectivity index (χ2n) is 7.08.